The van der Waals surface area contributed by atoms with E-state index in [9.17, 15) is 5.11 Å². The van der Waals surface area contributed by atoms with E-state index in [1.165, 1.54) is 29.3 Å². The highest BCUT2D eigenvalue weighted by Crippen LogP contribution is 2.29. The highest BCUT2D eigenvalue weighted by molar-refractivity contribution is 5.85. The van der Waals surface area contributed by atoms with Crippen molar-refractivity contribution in [3.63, 3.8) is 0 Å². The van der Waals surface area contributed by atoms with Gasteiger partial charge in [0.15, 0.2) is 0 Å². The van der Waals surface area contributed by atoms with Crippen LogP contribution in [-0.4, -0.2) is 9.67 Å². The molecule has 0 saturated heterocycles. The Morgan fingerprint density at radius 3 is 2.53 bits per heavy atom. The van der Waals surface area contributed by atoms with Crippen LogP contribution in [0.5, 0.6) is 0 Å². The van der Waals surface area contributed by atoms with E-state index in [0.29, 0.717) is 5.92 Å². The van der Waals surface area contributed by atoms with Gasteiger partial charge in [-0.15, -0.1) is 0 Å². The summed E-state index contributed by atoms with van der Waals surface area (Å²) in [6.07, 6.45) is 4.07. The molecule has 104 valence electrons. The first-order chi connectivity index (χ1) is 9.04. The summed E-state index contributed by atoms with van der Waals surface area (Å²) in [4.78, 5) is 0. The molecule has 1 aromatic carbocycles. The van der Waals surface area contributed by atoms with Gasteiger partial charge in [-0.3, -0.25) is 0 Å². The number of benzene rings is 1. The molecule has 0 aliphatic carbocycles. The fourth-order valence-electron chi connectivity index (χ4n) is 2.55. The Hall–Kier alpha value is -1.28. The SMILES string of the molecule is CCCCn1cc(C(C)O)c2cc(C(C)C)ccc21. The maximum absolute atomic E-state index is 9.98. The van der Waals surface area contributed by atoms with Crippen LogP contribution in [0.15, 0.2) is 24.4 Å². The first kappa shape index (κ1) is 14.1. The van der Waals surface area contributed by atoms with Gasteiger partial charge in [0.1, 0.15) is 0 Å². The van der Waals surface area contributed by atoms with Gasteiger partial charge in [-0.1, -0.05) is 33.3 Å². The molecular weight excluding hydrogens is 234 g/mol. The van der Waals surface area contributed by atoms with E-state index in [4.69, 9.17) is 0 Å². The van der Waals surface area contributed by atoms with Crippen molar-refractivity contribution in [2.45, 2.75) is 59.1 Å². The van der Waals surface area contributed by atoms with Gasteiger partial charge in [0, 0.05) is 29.2 Å². The minimum Gasteiger partial charge on any atom is -0.389 e. The van der Waals surface area contributed by atoms with Crippen molar-refractivity contribution >= 4 is 10.9 Å². The van der Waals surface area contributed by atoms with E-state index >= 15 is 0 Å². The molecule has 2 aromatic rings. The molecule has 1 heterocycles. The van der Waals surface area contributed by atoms with Crippen LogP contribution in [-0.2, 0) is 6.54 Å². The summed E-state index contributed by atoms with van der Waals surface area (Å²) in [5.74, 6) is 0.519. The average molecular weight is 259 g/mol. The third-order valence-corrected chi connectivity index (χ3v) is 3.81. The van der Waals surface area contributed by atoms with Crippen LogP contribution in [0.25, 0.3) is 10.9 Å². The van der Waals surface area contributed by atoms with Crippen LogP contribution < -0.4 is 0 Å². The standard InChI is InChI=1S/C17H25NO/c1-5-6-9-18-11-16(13(4)19)15-10-14(12(2)3)7-8-17(15)18/h7-8,10-13,19H,5-6,9H2,1-4H3. The molecule has 0 spiro atoms. The normalized spacial score (nSPS) is 13.4. The van der Waals surface area contributed by atoms with Crippen LogP contribution >= 0.6 is 0 Å². The number of hydrogen-bond donors (Lipinski definition) is 1. The second kappa shape index (κ2) is 5.79. The van der Waals surface area contributed by atoms with Gasteiger partial charge in [-0.25, -0.2) is 0 Å². The molecule has 0 saturated carbocycles. The lowest BCUT2D eigenvalue weighted by Gasteiger charge is -2.08. The number of rotatable bonds is 5. The Labute approximate surface area is 116 Å². The van der Waals surface area contributed by atoms with Crippen molar-refractivity contribution < 1.29 is 5.11 Å². The number of nitrogens with zero attached hydrogens (tertiary/aromatic N) is 1. The van der Waals surface area contributed by atoms with Crippen LogP contribution in [0.3, 0.4) is 0 Å². The van der Waals surface area contributed by atoms with Crippen molar-refractivity contribution in [1.29, 1.82) is 0 Å². The smallest absolute Gasteiger partial charge is 0.0782 e. The van der Waals surface area contributed by atoms with Crippen molar-refractivity contribution in [3.05, 3.63) is 35.5 Å². The second-order valence-corrected chi connectivity index (χ2v) is 5.74. The summed E-state index contributed by atoms with van der Waals surface area (Å²) in [5.41, 5.74) is 3.63. The lowest BCUT2D eigenvalue weighted by molar-refractivity contribution is 0.200. The molecule has 1 atom stereocenters. The largest absolute Gasteiger partial charge is 0.389 e. The number of unbranched alkanes of at least 4 members (excludes halogenated alkanes) is 1. The van der Waals surface area contributed by atoms with Gasteiger partial charge < -0.3 is 9.67 Å². The molecule has 0 amide bonds. The topological polar surface area (TPSA) is 25.2 Å². The third kappa shape index (κ3) is 2.84. The molecule has 1 aromatic heterocycles. The molecule has 1 N–H and O–H groups in total. The summed E-state index contributed by atoms with van der Waals surface area (Å²) in [6, 6.07) is 6.65. The molecule has 2 nitrogen and oxygen atoms in total. The van der Waals surface area contributed by atoms with Gasteiger partial charge in [0.2, 0.25) is 0 Å². The van der Waals surface area contributed by atoms with E-state index < -0.39 is 6.10 Å². The summed E-state index contributed by atoms with van der Waals surface area (Å²) in [7, 11) is 0. The molecule has 19 heavy (non-hydrogen) atoms. The van der Waals surface area contributed by atoms with Crippen molar-refractivity contribution in [3.8, 4) is 0 Å². The molecular formula is C17H25NO. The lowest BCUT2D eigenvalue weighted by Crippen LogP contribution is -1.95. The average Bonchev–Trinajstić information content (AvgIpc) is 2.74. The maximum Gasteiger partial charge on any atom is 0.0782 e. The summed E-state index contributed by atoms with van der Waals surface area (Å²) >= 11 is 0. The highest BCUT2D eigenvalue weighted by atomic mass is 16.3. The predicted octanol–water partition coefficient (Wildman–Crippen LogP) is 4.62. The van der Waals surface area contributed by atoms with Crippen LogP contribution in [0, 0.1) is 0 Å². The van der Waals surface area contributed by atoms with E-state index in [1.807, 2.05) is 6.92 Å². The van der Waals surface area contributed by atoms with Crippen LogP contribution in [0.4, 0.5) is 0 Å². The fraction of sp³-hybridized carbons (Fsp3) is 0.529. The monoisotopic (exact) mass is 259 g/mol. The molecule has 0 aliphatic rings. The molecule has 0 fully saturated rings. The number of aryl methyl sites for hydroxylation is 1. The third-order valence-electron chi connectivity index (χ3n) is 3.81. The zero-order valence-electron chi connectivity index (χ0n) is 12.5. The minimum atomic E-state index is -0.409. The van der Waals surface area contributed by atoms with Gasteiger partial charge >= 0.3 is 0 Å². The predicted molar refractivity (Wildman–Crippen MR) is 81.6 cm³/mol. The molecule has 0 aliphatic heterocycles. The minimum absolute atomic E-state index is 0.409. The van der Waals surface area contributed by atoms with E-state index in [1.54, 1.807) is 0 Å². The number of hydrogen-bond acceptors (Lipinski definition) is 1. The van der Waals surface area contributed by atoms with Gasteiger partial charge in [0.25, 0.3) is 0 Å². The van der Waals surface area contributed by atoms with Gasteiger partial charge in [0.05, 0.1) is 6.10 Å². The zero-order chi connectivity index (χ0) is 14.0. The molecule has 1 unspecified atom stereocenters. The van der Waals surface area contributed by atoms with Crippen molar-refractivity contribution in [1.82, 2.24) is 4.57 Å². The first-order valence-corrected chi connectivity index (χ1v) is 7.35. The number of aromatic nitrogens is 1. The van der Waals surface area contributed by atoms with Crippen molar-refractivity contribution in [2.24, 2.45) is 0 Å². The van der Waals surface area contributed by atoms with Crippen molar-refractivity contribution in [2.75, 3.05) is 0 Å². The van der Waals surface area contributed by atoms with Gasteiger partial charge in [-0.2, -0.15) is 0 Å². The summed E-state index contributed by atoms with van der Waals surface area (Å²) in [6.45, 7) is 9.49. The molecule has 0 radical (unpaired) electrons. The Kier molecular flexibility index (Phi) is 4.31. The Morgan fingerprint density at radius 2 is 1.95 bits per heavy atom. The number of fused-ring (bicyclic) bond motifs is 1. The van der Waals surface area contributed by atoms with Crippen LogP contribution in [0.1, 0.15) is 63.7 Å². The Bertz CT molecular complexity index is 552. The lowest BCUT2D eigenvalue weighted by atomic mass is 9.99. The molecule has 2 rings (SSSR count). The van der Waals surface area contributed by atoms with E-state index in [-0.39, 0.29) is 0 Å². The van der Waals surface area contributed by atoms with E-state index in [0.717, 1.165) is 12.1 Å². The Morgan fingerprint density at radius 1 is 1.21 bits per heavy atom. The summed E-state index contributed by atoms with van der Waals surface area (Å²) in [5, 5.41) is 11.2. The zero-order valence-corrected chi connectivity index (χ0v) is 12.5. The fourth-order valence-corrected chi connectivity index (χ4v) is 2.55. The first-order valence-electron chi connectivity index (χ1n) is 7.35. The molecule has 0 bridgehead atoms. The maximum atomic E-state index is 9.98. The highest BCUT2D eigenvalue weighted by Gasteiger charge is 2.13. The van der Waals surface area contributed by atoms with E-state index in [2.05, 4.69) is 49.7 Å². The quantitative estimate of drug-likeness (QED) is 0.833. The number of aliphatic hydroxyl groups is 1. The number of aliphatic hydroxyl groups excluding tert-OH is 1. The second-order valence-electron chi connectivity index (χ2n) is 5.74. The van der Waals surface area contributed by atoms with Crippen LogP contribution in [0.2, 0.25) is 0 Å². The summed E-state index contributed by atoms with van der Waals surface area (Å²) < 4.78 is 2.28. The Balaban J connectivity index is 2.54. The van der Waals surface area contributed by atoms with Gasteiger partial charge in [-0.05, 0) is 37.0 Å². The molecule has 2 heteroatoms.